The minimum atomic E-state index is -0.183. The Morgan fingerprint density at radius 3 is 2.58 bits per heavy atom. The molecule has 0 fully saturated rings. The molecule has 5 aromatic rings. The molecule has 0 saturated heterocycles. The average molecular weight is 441 g/mol. The van der Waals surface area contributed by atoms with Gasteiger partial charge in [-0.1, -0.05) is 0 Å². The molecule has 11 heteroatoms. The van der Waals surface area contributed by atoms with Gasteiger partial charge in [-0.25, -0.2) is 15.0 Å². The van der Waals surface area contributed by atoms with Crippen LogP contribution in [0.3, 0.4) is 0 Å². The Labute approximate surface area is 187 Å². The summed E-state index contributed by atoms with van der Waals surface area (Å²) in [4.78, 5) is 46.0. The van der Waals surface area contributed by atoms with Crippen molar-refractivity contribution in [1.29, 1.82) is 0 Å². The van der Waals surface area contributed by atoms with Gasteiger partial charge in [-0.15, -0.1) is 0 Å². The highest BCUT2D eigenvalue weighted by atomic mass is 16.2. The van der Waals surface area contributed by atoms with Crippen molar-refractivity contribution in [2.24, 2.45) is 0 Å². The van der Waals surface area contributed by atoms with Crippen LogP contribution in [0.15, 0.2) is 43.0 Å². The summed E-state index contributed by atoms with van der Waals surface area (Å²) in [5.74, 6) is 0.605. The maximum Gasteiger partial charge on any atom is 0.257 e. The van der Waals surface area contributed by atoms with E-state index in [1.807, 2.05) is 12.1 Å². The van der Waals surface area contributed by atoms with Gasteiger partial charge >= 0.3 is 0 Å². The molecule has 0 bridgehead atoms. The van der Waals surface area contributed by atoms with E-state index in [-0.39, 0.29) is 11.8 Å². The Balaban J connectivity index is 1.57. The molecular weight excluding hydrogens is 422 g/mol. The number of rotatable bonds is 4. The van der Waals surface area contributed by atoms with Gasteiger partial charge in [0.1, 0.15) is 17.0 Å². The molecule has 11 nitrogen and oxygen atoms in total. The first kappa shape index (κ1) is 20.2. The Hall–Kier alpha value is -4.67. The third kappa shape index (κ3) is 3.65. The lowest BCUT2D eigenvalue weighted by Crippen LogP contribution is -2.22. The van der Waals surface area contributed by atoms with Crippen LogP contribution in [0, 0.1) is 0 Å². The highest BCUT2D eigenvalue weighted by Crippen LogP contribution is 2.29. The molecule has 2 amide bonds. The number of nitrogens with zero attached hydrogens (tertiary/aromatic N) is 6. The Kier molecular flexibility index (Phi) is 4.78. The van der Waals surface area contributed by atoms with E-state index in [0.717, 1.165) is 16.5 Å². The van der Waals surface area contributed by atoms with Gasteiger partial charge in [0.05, 0.1) is 22.7 Å². The minimum absolute atomic E-state index is 0.183. The van der Waals surface area contributed by atoms with Crippen molar-refractivity contribution in [2.75, 3.05) is 19.4 Å². The predicted molar refractivity (Wildman–Crippen MR) is 122 cm³/mol. The molecule has 0 aliphatic rings. The van der Waals surface area contributed by atoms with Crippen LogP contribution in [-0.4, -0.2) is 65.9 Å². The summed E-state index contributed by atoms with van der Waals surface area (Å²) in [7, 11) is 3.36. The number of anilines is 1. The summed E-state index contributed by atoms with van der Waals surface area (Å²) in [5, 5.41) is 10.7. The van der Waals surface area contributed by atoms with Gasteiger partial charge < -0.3 is 15.2 Å². The number of amides is 2. The van der Waals surface area contributed by atoms with E-state index in [4.69, 9.17) is 0 Å². The number of hydrogen-bond acceptors (Lipinski definition) is 7. The molecule has 0 aliphatic heterocycles. The predicted octanol–water partition coefficient (Wildman–Crippen LogP) is 2.62. The molecule has 164 valence electrons. The van der Waals surface area contributed by atoms with Gasteiger partial charge in [0.25, 0.3) is 5.91 Å². The molecule has 5 rings (SSSR count). The number of nitrogens with one attached hydrogen (secondary N) is 3. The molecule has 0 aliphatic carbocycles. The van der Waals surface area contributed by atoms with Gasteiger partial charge in [-0.3, -0.25) is 19.7 Å². The van der Waals surface area contributed by atoms with Gasteiger partial charge in [-0.2, -0.15) is 5.10 Å². The molecule has 0 radical (unpaired) electrons. The second-order valence-corrected chi connectivity index (χ2v) is 7.67. The Morgan fingerprint density at radius 1 is 1.03 bits per heavy atom. The van der Waals surface area contributed by atoms with E-state index >= 15 is 0 Å². The summed E-state index contributed by atoms with van der Waals surface area (Å²) < 4.78 is 0. The maximum absolute atomic E-state index is 12.5. The van der Waals surface area contributed by atoms with E-state index in [0.29, 0.717) is 39.6 Å². The summed E-state index contributed by atoms with van der Waals surface area (Å²) in [6.45, 7) is 1.43. The van der Waals surface area contributed by atoms with Crippen LogP contribution in [0.25, 0.3) is 44.7 Å². The maximum atomic E-state index is 12.5. The molecule has 0 aromatic carbocycles. The van der Waals surface area contributed by atoms with Crippen molar-refractivity contribution in [3.63, 3.8) is 0 Å². The van der Waals surface area contributed by atoms with Crippen LogP contribution in [0.2, 0.25) is 0 Å². The number of carbonyl (C=O) groups is 2. The van der Waals surface area contributed by atoms with Crippen molar-refractivity contribution >= 4 is 39.7 Å². The highest BCUT2D eigenvalue weighted by Gasteiger charge is 2.19. The van der Waals surface area contributed by atoms with Crippen LogP contribution >= 0.6 is 0 Å². The number of fused-ring (bicyclic) bond motifs is 2. The fourth-order valence-corrected chi connectivity index (χ4v) is 3.50. The molecular formula is C22H19N9O2. The zero-order chi connectivity index (χ0) is 23.1. The zero-order valence-electron chi connectivity index (χ0n) is 18.0. The van der Waals surface area contributed by atoms with E-state index in [1.54, 1.807) is 38.8 Å². The molecule has 5 heterocycles. The molecule has 0 unspecified atom stereocenters. The SMILES string of the molecule is CC(=O)Nc1ccc(-c2cnc3[nH]nc(-c4nc5c(C(=O)N(C)C)cncc5[nH]4)c3c2)cn1. The highest BCUT2D eigenvalue weighted by molar-refractivity contribution is 6.05. The Morgan fingerprint density at radius 2 is 1.85 bits per heavy atom. The molecule has 0 saturated carbocycles. The number of H-pyrrole nitrogens is 2. The lowest BCUT2D eigenvalue weighted by molar-refractivity contribution is -0.114. The van der Waals surface area contributed by atoms with Crippen LogP contribution in [0.1, 0.15) is 17.3 Å². The fraction of sp³-hybridized carbons (Fsp3) is 0.136. The number of aromatic nitrogens is 7. The van der Waals surface area contributed by atoms with Gasteiger partial charge in [0, 0.05) is 50.7 Å². The number of aromatic amines is 2. The van der Waals surface area contributed by atoms with Crippen LogP contribution in [-0.2, 0) is 4.79 Å². The van der Waals surface area contributed by atoms with Crippen molar-refractivity contribution in [3.8, 4) is 22.6 Å². The van der Waals surface area contributed by atoms with E-state index < -0.39 is 0 Å². The van der Waals surface area contributed by atoms with Crippen LogP contribution in [0.5, 0.6) is 0 Å². The first-order valence-corrected chi connectivity index (χ1v) is 10.0. The first-order valence-electron chi connectivity index (χ1n) is 10.0. The average Bonchev–Trinajstić information content (AvgIpc) is 3.42. The lowest BCUT2D eigenvalue weighted by atomic mass is 10.1. The zero-order valence-corrected chi connectivity index (χ0v) is 18.0. The molecule has 33 heavy (non-hydrogen) atoms. The lowest BCUT2D eigenvalue weighted by Gasteiger charge is -2.09. The van der Waals surface area contributed by atoms with E-state index in [1.165, 1.54) is 18.0 Å². The number of hydrogen-bond donors (Lipinski definition) is 3. The second kappa shape index (κ2) is 7.79. The van der Waals surface area contributed by atoms with Crippen molar-refractivity contribution in [2.45, 2.75) is 6.92 Å². The van der Waals surface area contributed by atoms with Crippen molar-refractivity contribution in [1.82, 2.24) is 40.0 Å². The van der Waals surface area contributed by atoms with E-state index in [9.17, 15) is 9.59 Å². The van der Waals surface area contributed by atoms with Crippen LogP contribution in [0.4, 0.5) is 5.82 Å². The topological polar surface area (TPSA) is 145 Å². The number of carbonyl (C=O) groups excluding carboxylic acids is 2. The standard InChI is InChI=1S/C22H19N9O2/c1-11(32)26-17-5-4-12(7-24-17)13-6-14-19(29-30-20(14)25-8-13)21-27-16-10-23-9-15(18(16)28-21)22(33)31(2)3/h4-10H,1-3H3,(H,27,28)(H,24,26,32)(H,25,29,30). The summed E-state index contributed by atoms with van der Waals surface area (Å²) in [5.41, 5.74) is 4.39. The summed E-state index contributed by atoms with van der Waals surface area (Å²) in [6.07, 6.45) is 6.52. The van der Waals surface area contributed by atoms with Gasteiger partial charge in [0.15, 0.2) is 11.5 Å². The van der Waals surface area contributed by atoms with E-state index in [2.05, 4.69) is 40.4 Å². The molecule has 3 N–H and O–H groups in total. The third-order valence-corrected chi connectivity index (χ3v) is 5.07. The normalized spacial score (nSPS) is 11.1. The fourth-order valence-electron chi connectivity index (χ4n) is 3.50. The number of imidazole rings is 1. The minimum Gasteiger partial charge on any atom is -0.345 e. The molecule has 0 spiro atoms. The summed E-state index contributed by atoms with van der Waals surface area (Å²) >= 11 is 0. The Bertz CT molecular complexity index is 1520. The van der Waals surface area contributed by atoms with Crippen LogP contribution < -0.4 is 5.32 Å². The first-order chi connectivity index (χ1) is 15.9. The quantitative estimate of drug-likeness (QED) is 0.389. The number of pyridine rings is 3. The van der Waals surface area contributed by atoms with Crippen molar-refractivity contribution < 1.29 is 9.59 Å². The summed E-state index contributed by atoms with van der Waals surface area (Å²) in [6, 6.07) is 5.52. The smallest absolute Gasteiger partial charge is 0.257 e. The van der Waals surface area contributed by atoms with Gasteiger partial charge in [-0.05, 0) is 18.2 Å². The van der Waals surface area contributed by atoms with Gasteiger partial charge in [0.2, 0.25) is 5.91 Å². The monoisotopic (exact) mass is 441 g/mol. The second-order valence-electron chi connectivity index (χ2n) is 7.67. The molecule has 5 aromatic heterocycles. The third-order valence-electron chi connectivity index (χ3n) is 5.07. The van der Waals surface area contributed by atoms with Crippen molar-refractivity contribution in [3.05, 3.63) is 48.5 Å². The molecule has 0 atom stereocenters. The largest absolute Gasteiger partial charge is 0.345 e.